The van der Waals surface area contributed by atoms with Crippen LogP contribution in [0.4, 0.5) is 5.69 Å². The number of hydrogen-bond donors (Lipinski definition) is 2. The molecule has 0 aliphatic rings. The summed E-state index contributed by atoms with van der Waals surface area (Å²) in [6.45, 7) is 8.67. The summed E-state index contributed by atoms with van der Waals surface area (Å²) in [7, 11) is 0. The maximum absolute atomic E-state index is 12.3. The Morgan fingerprint density at radius 3 is 2.61 bits per heavy atom. The fourth-order valence-electron chi connectivity index (χ4n) is 2.49. The highest BCUT2D eigenvalue weighted by Gasteiger charge is 2.15. The number of aliphatic hydroxyl groups excluding tert-OH is 1. The minimum atomic E-state index is -0.304. The number of aryl methyl sites for hydroxylation is 1. The summed E-state index contributed by atoms with van der Waals surface area (Å²) in [5.74, 6) is 0.327. The number of furan rings is 1. The van der Waals surface area contributed by atoms with Crippen molar-refractivity contribution in [2.24, 2.45) is 0 Å². The van der Waals surface area contributed by atoms with Crippen molar-refractivity contribution in [3.63, 3.8) is 0 Å². The van der Waals surface area contributed by atoms with Gasteiger partial charge in [0.05, 0.1) is 0 Å². The van der Waals surface area contributed by atoms with Gasteiger partial charge in [0.15, 0.2) is 5.76 Å². The molecule has 2 aromatic rings. The van der Waals surface area contributed by atoms with E-state index in [1.165, 1.54) is 0 Å². The van der Waals surface area contributed by atoms with E-state index in [0.717, 1.165) is 30.9 Å². The van der Waals surface area contributed by atoms with Crippen LogP contribution in [0.15, 0.2) is 34.7 Å². The Morgan fingerprint density at radius 1 is 1.26 bits per heavy atom. The molecule has 1 amide bonds. The minimum Gasteiger partial charge on any atom is -0.453 e. The lowest BCUT2D eigenvalue weighted by Crippen LogP contribution is -2.22. The van der Waals surface area contributed by atoms with Crippen molar-refractivity contribution in [2.75, 3.05) is 18.4 Å². The van der Waals surface area contributed by atoms with Crippen LogP contribution in [0.5, 0.6) is 0 Å². The van der Waals surface area contributed by atoms with E-state index < -0.39 is 0 Å². The number of carbonyl (C=O) groups excluding carboxylic acids is 1. The zero-order valence-corrected chi connectivity index (χ0v) is 13.9. The second-order valence-electron chi connectivity index (χ2n) is 5.50. The summed E-state index contributed by atoms with van der Waals surface area (Å²) in [6.07, 6.45) is 0. The Kier molecular flexibility index (Phi) is 5.96. The van der Waals surface area contributed by atoms with E-state index in [-0.39, 0.29) is 18.3 Å². The van der Waals surface area contributed by atoms with E-state index in [1.807, 2.05) is 18.2 Å². The van der Waals surface area contributed by atoms with Crippen LogP contribution in [-0.4, -0.2) is 29.0 Å². The van der Waals surface area contributed by atoms with Crippen molar-refractivity contribution in [3.05, 3.63) is 53.0 Å². The molecule has 0 bridgehead atoms. The normalized spacial score (nSPS) is 11.0. The van der Waals surface area contributed by atoms with E-state index >= 15 is 0 Å². The van der Waals surface area contributed by atoms with Crippen molar-refractivity contribution in [2.45, 2.75) is 33.9 Å². The predicted octanol–water partition coefficient (Wildman–Crippen LogP) is 3.17. The first-order valence-electron chi connectivity index (χ1n) is 7.90. The summed E-state index contributed by atoms with van der Waals surface area (Å²) < 4.78 is 5.36. The topological polar surface area (TPSA) is 65.7 Å². The van der Waals surface area contributed by atoms with Crippen molar-refractivity contribution in [3.8, 4) is 0 Å². The molecule has 1 heterocycles. The molecular formula is C18H24N2O3. The molecule has 0 unspecified atom stereocenters. The van der Waals surface area contributed by atoms with Crippen LogP contribution in [-0.2, 0) is 13.2 Å². The molecule has 2 rings (SSSR count). The van der Waals surface area contributed by atoms with Crippen LogP contribution in [0.1, 0.15) is 41.3 Å². The minimum absolute atomic E-state index is 0.215. The molecule has 2 N–H and O–H groups in total. The van der Waals surface area contributed by atoms with Gasteiger partial charge in [-0.15, -0.1) is 0 Å². The summed E-state index contributed by atoms with van der Waals surface area (Å²) >= 11 is 0. The van der Waals surface area contributed by atoms with Gasteiger partial charge in [-0.05, 0) is 43.8 Å². The van der Waals surface area contributed by atoms with Gasteiger partial charge < -0.3 is 14.8 Å². The molecule has 5 nitrogen and oxygen atoms in total. The van der Waals surface area contributed by atoms with Crippen LogP contribution in [0.2, 0.25) is 0 Å². The summed E-state index contributed by atoms with van der Waals surface area (Å²) in [5, 5.41) is 11.9. The molecule has 5 heteroatoms. The molecule has 1 aromatic carbocycles. The van der Waals surface area contributed by atoms with Gasteiger partial charge in [-0.25, -0.2) is 0 Å². The molecule has 124 valence electrons. The predicted molar refractivity (Wildman–Crippen MR) is 90.4 cm³/mol. The van der Waals surface area contributed by atoms with Crippen molar-refractivity contribution in [1.29, 1.82) is 0 Å². The monoisotopic (exact) mass is 316 g/mol. The zero-order chi connectivity index (χ0) is 16.8. The lowest BCUT2D eigenvalue weighted by molar-refractivity contribution is 0.0991. The summed E-state index contributed by atoms with van der Waals surface area (Å²) in [4.78, 5) is 14.6. The molecule has 0 spiro atoms. The molecule has 0 atom stereocenters. The Balaban J connectivity index is 2.10. The maximum Gasteiger partial charge on any atom is 0.291 e. The molecule has 0 aliphatic carbocycles. The third-order valence-electron chi connectivity index (χ3n) is 3.82. The number of nitrogens with one attached hydrogen (secondary N) is 1. The van der Waals surface area contributed by atoms with Gasteiger partial charge in [0.25, 0.3) is 5.91 Å². The molecule has 0 saturated carbocycles. The second-order valence-corrected chi connectivity index (χ2v) is 5.50. The number of benzene rings is 1. The van der Waals surface area contributed by atoms with Gasteiger partial charge in [0.1, 0.15) is 12.4 Å². The van der Waals surface area contributed by atoms with Gasteiger partial charge in [-0.1, -0.05) is 26.0 Å². The van der Waals surface area contributed by atoms with Gasteiger partial charge in [-0.2, -0.15) is 0 Å². The Hall–Kier alpha value is -2.11. The number of hydrogen-bond acceptors (Lipinski definition) is 4. The van der Waals surface area contributed by atoms with Crippen LogP contribution in [0, 0.1) is 6.92 Å². The highest BCUT2D eigenvalue weighted by molar-refractivity contribution is 6.03. The fourth-order valence-corrected chi connectivity index (χ4v) is 2.49. The summed E-state index contributed by atoms with van der Waals surface area (Å²) in [5.41, 5.74) is 2.60. The number of aliphatic hydroxyl groups is 1. The second kappa shape index (κ2) is 7.94. The molecular weight excluding hydrogens is 292 g/mol. The molecule has 0 radical (unpaired) electrons. The number of anilines is 1. The van der Waals surface area contributed by atoms with Gasteiger partial charge in [0, 0.05) is 17.8 Å². The quantitative estimate of drug-likeness (QED) is 0.823. The Morgan fingerprint density at radius 2 is 2.00 bits per heavy atom. The van der Waals surface area contributed by atoms with Crippen molar-refractivity contribution in [1.82, 2.24) is 4.90 Å². The lowest BCUT2D eigenvalue weighted by atomic mass is 10.1. The standard InChI is InChI=1S/C18H24N2O3/c1-4-20(5-2)11-14-7-6-8-15(10-14)19-18(22)17-13(3)9-16(12-21)23-17/h6-10,21H,4-5,11-12H2,1-3H3,(H,19,22). The van der Waals surface area contributed by atoms with Crippen LogP contribution >= 0.6 is 0 Å². The highest BCUT2D eigenvalue weighted by Crippen LogP contribution is 2.18. The molecule has 0 saturated heterocycles. The smallest absolute Gasteiger partial charge is 0.291 e. The van der Waals surface area contributed by atoms with Crippen LogP contribution < -0.4 is 5.32 Å². The van der Waals surface area contributed by atoms with Crippen molar-refractivity contribution < 1.29 is 14.3 Å². The van der Waals surface area contributed by atoms with Crippen molar-refractivity contribution >= 4 is 11.6 Å². The average Bonchev–Trinajstić information content (AvgIpc) is 2.94. The molecule has 23 heavy (non-hydrogen) atoms. The Labute approximate surface area is 136 Å². The van der Waals surface area contributed by atoms with E-state index in [2.05, 4.69) is 30.1 Å². The van der Waals surface area contributed by atoms with Gasteiger partial charge in [0.2, 0.25) is 0 Å². The highest BCUT2D eigenvalue weighted by atomic mass is 16.4. The van der Waals surface area contributed by atoms with Gasteiger partial charge >= 0.3 is 0 Å². The first kappa shape index (κ1) is 17.2. The average molecular weight is 316 g/mol. The number of nitrogens with zero attached hydrogens (tertiary/aromatic N) is 1. The van der Waals surface area contributed by atoms with Crippen LogP contribution in [0.25, 0.3) is 0 Å². The molecule has 0 aliphatic heterocycles. The third kappa shape index (κ3) is 4.43. The van der Waals surface area contributed by atoms with E-state index in [9.17, 15) is 4.79 Å². The summed E-state index contributed by atoms with van der Waals surface area (Å²) in [6, 6.07) is 9.49. The first-order valence-corrected chi connectivity index (χ1v) is 7.90. The first-order chi connectivity index (χ1) is 11.1. The maximum atomic E-state index is 12.3. The third-order valence-corrected chi connectivity index (χ3v) is 3.82. The van der Waals surface area contributed by atoms with E-state index in [0.29, 0.717) is 11.3 Å². The van der Waals surface area contributed by atoms with E-state index in [1.54, 1.807) is 13.0 Å². The van der Waals surface area contributed by atoms with E-state index in [4.69, 9.17) is 9.52 Å². The number of carbonyl (C=O) groups is 1. The number of rotatable bonds is 7. The lowest BCUT2D eigenvalue weighted by Gasteiger charge is -2.18. The van der Waals surface area contributed by atoms with Gasteiger partial charge in [-0.3, -0.25) is 9.69 Å². The number of amides is 1. The SMILES string of the molecule is CCN(CC)Cc1cccc(NC(=O)c2oc(CO)cc2C)c1. The molecule has 1 aromatic heterocycles. The fraction of sp³-hybridized carbons (Fsp3) is 0.389. The zero-order valence-electron chi connectivity index (χ0n) is 13.9. The molecule has 0 fully saturated rings. The largest absolute Gasteiger partial charge is 0.453 e. The Bertz CT molecular complexity index is 660. The van der Waals surface area contributed by atoms with Crippen LogP contribution in [0.3, 0.4) is 0 Å².